The van der Waals surface area contributed by atoms with E-state index < -0.39 is 22.6 Å². The SMILES string of the molecule is CS(=O)(=O)c1ccc(NCC#Cc2cc3c(NC4CCN(CCOCCO)CC4)cccc3n2CC(F)(F)F)cc1. The van der Waals surface area contributed by atoms with Gasteiger partial charge in [-0.15, -0.1) is 0 Å². The highest BCUT2D eigenvalue weighted by Crippen LogP contribution is 2.31. The van der Waals surface area contributed by atoms with Crippen LogP contribution in [0.4, 0.5) is 24.5 Å². The van der Waals surface area contributed by atoms with E-state index in [2.05, 4.69) is 27.4 Å². The summed E-state index contributed by atoms with van der Waals surface area (Å²) in [7, 11) is -3.30. The number of hydrogen-bond donors (Lipinski definition) is 3. The fraction of sp³-hybridized carbons (Fsp3) is 0.448. The molecule has 0 spiro atoms. The number of anilines is 2. The summed E-state index contributed by atoms with van der Waals surface area (Å²) in [5, 5.41) is 16.1. The zero-order valence-corrected chi connectivity index (χ0v) is 23.7. The van der Waals surface area contributed by atoms with E-state index in [0.717, 1.165) is 44.4 Å². The van der Waals surface area contributed by atoms with Crippen molar-refractivity contribution in [1.29, 1.82) is 0 Å². The molecule has 1 aliphatic heterocycles. The van der Waals surface area contributed by atoms with E-state index >= 15 is 0 Å². The minimum Gasteiger partial charge on any atom is -0.394 e. The number of hydrogen-bond acceptors (Lipinski definition) is 7. The number of aliphatic hydroxyl groups excluding tert-OH is 1. The number of fused-ring (bicyclic) bond motifs is 1. The molecule has 41 heavy (non-hydrogen) atoms. The van der Waals surface area contributed by atoms with Crippen molar-refractivity contribution in [3.05, 3.63) is 54.2 Å². The number of aromatic nitrogens is 1. The summed E-state index contributed by atoms with van der Waals surface area (Å²) in [5.74, 6) is 5.78. The molecule has 12 heteroatoms. The van der Waals surface area contributed by atoms with Gasteiger partial charge in [0.2, 0.25) is 0 Å². The van der Waals surface area contributed by atoms with Crippen LogP contribution in [0.2, 0.25) is 0 Å². The number of sulfone groups is 1. The number of nitrogens with one attached hydrogen (secondary N) is 2. The summed E-state index contributed by atoms with van der Waals surface area (Å²) >= 11 is 0. The Bertz CT molecular complexity index is 1470. The smallest absolute Gasteiger partial charge is 0.394 e. The van der Waals surface area contributed by atoms with E-state index in [-0.39, 0.29) is 29.8 Å². The number of nitrogens with zero attached hydrogens (tertiary/aromatic N) is 2. The Kier molecular flexibility index (Phi) is 10.2. The lowest BCUT2D eigenvalue weighted by atomic mass is 10.0. The first-order chi connectivity index (χ1) is 19.5. The number of rotatable bonds is 11. The van der Waals surface area contributed by atoms with Gasteiger partial charge in [0.15, 0.2) is 9.84 Å². The predicted octanol–water partition coefficient (Wildman–Crippen LogP) is 3.96. The Morgan fingerprint density at radius 3 is 2.49 bits per heavy atom. The molecule has 0 radical (unpaired) electrons. The summed E-state index contributed by atoms with van der Waals surface area (Å²) in [4.78, 5) is 2.50. The average molecular weight is 593 g/mol. The van der Waals surface area contributed by atoms with Crippen molar-refractivity contribution in [2.45, 2.75) is 36.5 Å². The van der Waals surface area contributed by atoms with Gasteiger partial charge < -0.3 is 29.9 Å². The maximum Gasteiger partial charge on any atom is 0.406 e. The van der Waals surface area contributed by atoms with Crippen LogP contribution in [-0.4, -0.2) is 87.5 Å². The van der Waals surface area contributed by atoms with Gasteiger partial charge in [-0.2, -0.15) is 13.2 Å². The average Bonchev–Trinajstić information content (AvgIpc) is 3.26. The number of benzene rings is 2. The highest BCUT2D eigenvalue weighted by molar-refractivity contribution is 7.90. The second-order valence-electron chi connectivity index (χ2n) is 10.0. The number of aliphatic hydroxyl groups is 1. The lowest BCUT2D eigenvalue weighted by Gasteiger charge is -2.32. The summed E-state index contributed by atoms with van der Waals surface area (Å²) in [5.41, 5.74) is 2.15. The van der Waals surface area contributed by atoms with Gasteiger partial charge in [0.05, 0.1) is 42.5 Å². The summed E-state index contributed by atoms with van der Waals surface area (Å²) < 4.78 is 70.4. The number of alkyl halides is 3. The molecule has 2 aromatic carbocycles. The lowest BCUT2D eigenvalue weighted by molar-refractivity contribution is -0.140. The molecule has 1 saturated heterocycles. The zero-order valence-electron chi connectivity index (χ0n) is 22.9. The Labute approximate surface area is 238 Å². The van der Waals surface area contributed by atoms with Crippen LogP contribution in [0.3, 0.4) is 0 Å². The standard InChI is InChI=1S/C29H35F3N4O4S/c1-41(38,39)25-9-7-22(8-10-25)33-13-3-4-24-20-26-27(5-2-6-28(26)36(24)21-29(30,31)32)34-23-11-14-35(15-12-23)16-18-40-19-17-37/h2,5-10,20,23,33-34,37H,11-19,21H2,1H3. The normalized spacial score (nSPS) is 15.0. The molecule has 2 heterocycles. The van der Waals surface area contributed by atoms with Gasteiger partial charge >= 0.3 is 6.18 Å². The molecule has 222 valence electrons. The highest BCUT2D eigenvalue weighted by Gasteiger charge is 2.30. The highest BCUT2D eigenvalue weighted by atomic mass is 32.2. The maximum atomic E-state index is 13.5. The Hall–Kier alpha value is -3.24. The molecular formula is C29H35F3N4O4S. The second kappa shape index (κ2) is 13.6. The first-order valence-electron chi connectivity index (χ1n) is 13.4. The third kappa shape index (κ3) is 8.87. The van der Waals surface area contributed by atoms with Gasteiger partial charge in [0, 0.05) is 48.7 Å². The number of halogens is 3. The monoisotopic (exact) mass is 592 g/mol. The molecule has 4 rings (SSSR count). The van der Waals surface area contributed by atoms with Crippen LogP contribution in [0.1, 0.15) is 18.5 Å². The van der Waals surface area contributed by atoms with Crippen LogP contribution in [-0.2, 0) is 21.1 Å². The topological polar surface area (TPSA) is 95.8 Å². The van der Waals surface area contributed by atoms with Gasteiger partial charge in [-0.3, -0.25) is 0 Å². The number of ether oxygens (including phenoxy) is 1. The number of likely N-dealkylation sites (tertiary alicyclic amines) is 1. The van der Waals surface area contributed by atoms with Gasteiger partial charge in [-0.25, -0.2) is 8.42 Å². The predicted molar refractivity (Wildman–Crippen MR) is 154 cm³/mol. The fourth-order valence-corrected chi connectivity index (χ4v) is 5.48. The summed E-state index contributed by atoms with van der Waals surface area (Å²) in [6.45, 7) is 2.49. The Morgan fingerprint density at radius 2 is 1.83 bits per heavy atom. The van der Waals surface area contributed by atoms with Crippen LogP contribution >= 0.6 is 0 Å². The first-order valence-corrected chi connectivity index (χ1v) is 15.3. The van der Waals surface area contributed by atoms with Crippen LogP contribution in [0, 0.1) is 11.8 Å². The Balaban J connectivity index is 1.46. The van der Waals surface area contributed by atoms with Crippen LogP contribution < -0.4 is 10.6 Å². The zero-order chi connectivity index (χ0) is 29.5. The molecule has 0 aliphatic carbocycles. The molecule has 0 saturated carbocycles. The molecule has 0 amide bonds. The molecule has 0 bridgehead atoms. The van der Waals surface area contributed by atoms with Gasteiger partial charge in [0.25, 0.3) is 0 Å². The third-order valence-electron chi connectivity index (χ3n) is 6.90. The Morgan fingerprint density at radius 1 is 1.10 bits per heavy atom. The molecule has 3 aromatic rings. The largest absolute Gasteiger partial charge is 0.406 e. The molecular weight excluding hydrogens is 557 g/mol. The molecule has 1 aromatic heterocycles. The molecule has 0 atom stereocenters. The van der Waals surface area contributed by atoms with Crippen LogP contribution in [0.5, 0.6) is 0 Å². The van der Waals surface area contributed by atoms with Crippen molar-refractivity contribution in [3.63, 3.8) is 0 Å². The summed E-state index contributed by atoms with van der Waals surface area (Å²) in [6, 6.07) is 13.4. The van der Waals surface area contributed by atoms with E-state index in [4.69, 9.17) is 9.84 Å². The van der Waals surface area contributed by atoms with Crippen molar-refractivity contribution in [1.82, 2.24) is 9.47 Å². The molecule has 3 N–H and O–H groups in total. The van der Waals surface area contributed by atoms with Crippen molar-refractivity contribution in [2.24, 2.45) is 0 Å². The minimum atomic E-state index is -4.42. The van der Waals surface area contributed by atoms with Crippen molar-refractivity contribution < 1.29 is 31.4 Å². The van der Waals surface area contributed by atoms with E-state index in [1.807, 2.05) is 6.07 Å². The third-order valence-corrected chi connectivity index (χ3v) is 8.03. The lowest BCUT2D eigenvalue weighted by Crippen LogP contribution is -2.40. The van der Waals surface area contributed by atoms with Gasteiger partial charge in [0.1, 0.15) is 6.54 Å². The van der Waals surface area contributed by atoms with Gasteiger partial charge in [-0.1, -0.05) is 12.0 Å². The molecule has 8 nitrogen and oxygen atoms in total. The van der Waals surface area contributed by atoms with E-state index in [0.29, 0.717) is 29.8 Å². The second-order valence-corrected chi connectivity index (χ2v) is 12.0. The van der Waals surface area contributed by atoms with Crippen LogP contribution in [0.15, 0.2) is 53.4 Å². The van der Waals surface area contributed by atoms with Crippen molar-refractivity contribution in [2.75, 3.05) is 62.9 Å². The van der Waals surface area contributed by atoms with E-state index in [9.17, 15) is 21.6 Å². The first kappa shape index (κ1) is 30.7. The van der Waals surface area contributed by atoms with E-state index in [1.165, 1.54) is 16.7 Å². The maximum absolute atomic E-state index is 13.5. The molecule has 1 fully saturated rings. The quantitative estimate of drug-likeness (QED) is 0.229. The van der Waals surface area contributed by atoms with Crippen molar-refractivity contribution >= 4 is 32.1 Å². The van der Waals surface area contributed by atoms with Crippen molar-refractivity contribution in [3.8, 4) is 11.8 Å². The van der Waals surface area contributed by atoms with Gasteiger partial charge in [-0.05, 0) is 61.2 Å². The van der Waals surface area contributed by atoms with Crippen LogP contribution in [0.25, 0.3) is 10.9 Å². The minimum absolute atomic E-state index is 0.00971. The summed E-state index contributed by atoms with van der Waals surface area (Å²) in [6.07, 6.45) is -1.50. The molecule has 0 unspecified atom stereocenters. The fourth-order valence-electron chi connectivity index (χ4n) is 4.85. The number of piperidine rings is 1. The van der Waals surface area contributed by atoms with E-state index in [1.54, 1.807) is 30.3 Å². The molecule has 1 aliphatic rings.